The summed E-state index contributed by atoms with van der Waals surface area (Å²) < 4.78 is 74.0. The lowest BCUT2D eigenvalue weighted by Gasteiger charge is -2.21. The minimum atomic E-state index is -4.61. The van der Waals surface area contributed by atoms with Gasteiger partial charge in [-0.25, -0.2) is 9.18 Å². The average Bonchev–Trinajstić information content (AvgIpc) is 2.43. The van der Waals surface area contributed by atoms with Gasteiger partial charge in [0.15, 0.2) is 0 Å². The highest BCUT2D eigenvalue weighted by Crippen LogP contribution is 2.41. The fraction of sp³-hybridized carbons (Fsp3) is 0.250. The number of carbonyl (C=O) groups is 1. The van der Waals surface area contributed by atoms with Crippen molar-refractivity contribution in [1.82, 2.24) is 0 Å². The summed E-state index contributed by atoms with van der Waals surface area (Å²) >= 11 is 0. The second-order valence-corrected chi connectivity index (χ2v) is 5.55. The number of carbonyl (C=O) groups excluding carboxylic acids is 1. The Kier molecular flexibility index (Phi) is 3.70. The van der Waals surface area contributed by atoms with Gasteiger partial charge in [-0.2, -0.15) is 17.2 Å². The third-order valence-electron chi connectivity index (χ3n) is 2.61. The van der Waals surface area contributed by atoms with E-state index in [4.69, 9.17) is 0 Å². The molecule has 9 heteroatoms. The first-order chi connectivity index (χ1) is 9.70. The fourth-order valence-corrected chi connectivity index (χ4v) is 2.60. The van der Waals surface area contributed by atoms with Gasteiger partial charge < -0.3 is 8.92 Å². The van der Waals surface area contributed by atoms with E-state index < -0.39 is 44.1 Å². The monoisotopic (exact) mass is 322 g/mol. The molecule has 1 aromatic carbocycles. The summed E-state index contributed by atoms with van der Waals surface area (Å²) in [5.74, 6) is -9.83. The predicted molar refractivity (Wildman–Crippen MR) is 63.4 cm³/mol. The smallest absolute Gasteiger partial charge is 0.378 e. The molecule has 0 atom stereocenters. The van der Waals surface area contributed by atoms with Crippen LogP contribution in [0.15, 0.2) is 40.7 Å². The summed E-state index contributed by atoms with van der Waals surface area (Å²) in [4.78, 5) is 10.9. The van der Waals surface area contributed by atoms with Gasteiger partial charge >= 0.3 is 22.0 Å². The molecule has 1 aliphatic rings. The van der Waals surface area contributed by atoms with Crippen LogP contribution < -0.4 is 0 Å². The number of allylic oxidation sites excluding steroid dienone is 1. The van der Waals surface area contributed by atoms with Crippen LogP contribution in [0.4, 0.5) is 13.2 Å². The Hall–Kier alpha value is -2.03. The number of halogens is 3. The summed E-state index contributed by atoms with van der Waals surface area (Å²) in [7, 11) is -4.61. The van der Waals surface area contributed by atoms with Gasteiger partial charge in [-0.15, -0.1) is 0 Å². The molecule has 1 aliphatic heterocycles. The highest BCUT2D eigenvalue weighted by Gasteiger charge is 2.46. The van der Waals surface area contributed by atoms with Gasteiger partial charge in [0.05, 0.1) is 6.61 Å². The number of fused-ring (bicyclic) bond motifs is 2. The van der Waals surface area contributed by atoms with E-state index >= 15 is 0 Å². The number of ether oxygens (including phenoxy) is 1. The lowest BCUT2D eigenvalue weighted by atomic mass is 10.1. The number of hydrogen-bond acceptors (Lipinski definition) is 5. The van der Waals surface area contributed by atoms with Crippen LogP contribution in [0.25, 0.3) is 0 Å². The van der Waals surface area contributed by atoms with E-state index in [1.807, 2.05) is 0 Å². The van der Waals surface area contributed by atoms with Crippen molar-refractivity contribution >= 4 is 16.1 Å². The zero-order chi connectivity index (χ0) is 15.8. The Bertz CT molecular complexity index is 724. The van der Waals surface area contributed by atoms with Crippen molar-refractivity contribution in [3.63, 3.8) is 0 Å². The van der Waals surface area contributed by atoms with Crippen LogP contribution in [0.2, 0.25) is 0 Å². The van der Waals surface area contributed by atoms with E-state index in [2.05, 4.69) is 8.92 Å². The van der Waals surface area contributed by atoms with Gasteiger partial charge in [0.25, 0.3) is 5.76 Å². The normalized spacial score (nSPS) is 19.2. The molecule has 0 radical (unpaired) electrons. The first kappa shape index (κ1) is 15.4. The first-order valence-corrected chi connectivity index (χ1v) is 7.11. The summed E-state index contributed by atoms with van der Waals surface area (Å²) in [5, 5.41) is 0. The number of alkyl halides is 2. The lowest BCUT2D eigenvalue weighted by molar-refractivity contribution is -0.141. The summed E-state index contributed by atoms with van der Waals surface area (Å²) in [6.07, 6.45) is 0. The molecule has 5 nitrogen and oxygen atoms in total. The number of rotatable bonds is 2. The zero-order valence-corrected chi connectivity index (χ0v) is 11.4. The van der Waals surface area contributed by atoms with E-state index in [1.54, 1.807) is 0 Å². The van der Waals surface area contributed by atoms with E-state index in [0.717, 1.165) is 18.2 Å². The van der Waals surface area contributed by atoms with Crippen LogP contribution >= 0.6 is 0 Å². The quantitative estimate of drug-likeness (QED) is 0.617. The molecule has 1 aromatic rings. The van der Waals surface area contributed by atoms with Gasteiger partial charge in [0.1, 0.15) is 4.90 Å². The van der Waals surface area contributed by atoms with Crippen LogP contribution in [-0.2, 0) is 29.8 Å². The van der Waals surface area contributed by atoms with Gasteiger partial charge in [0, 0.05) is 5.56 Å². The topological polar surface area (TPSA) is 69.7 Å². The Morgan fingerprint density at radius 2 is 2.05 bits per heavy atom. The number of hydrogen-bond donors (Lipinski definition) is 0. The molecular formula is C12H9F3O5S. The van der Waals surface area contributed by atoms with Gasteiger partial charge in [-0.3, -0.25) is 0 Å². The van der Waals surface area contributed by atoms with Crippen molar-refractivity contribution < 1.29 is 35.3 Å². The Morgan fingerprint density at radius 3 is 2.67 bits per heavy atom. The molecule has 0 saturated heterocycles. The first-order valence-electron chi connectivity index (χ1n) is 5.70. The van der Waals surface area contributed by atoms with Crippen LogP contribution in [0.1, 0.15) is 12.5 Å². The van der Waals surface area contributed by atoms with Crippen LogP contribution in [0.3, 0.4) is 0 Å². The van der Waals surface area contributed by atoms with E-state index in [0.29, 0.717) is 6.07 Å². The standard InChI is InChI=1S/C12H9F3O5S/c1-2-19-11(16)9-10(13)12(14,15)7-4-3-5-8(6-7)21(17,18)20-9/h3-6H,2H2,1H3. The molecule has 21 heavy (non-hydrogen) atoms. The average molecular weight is 322 g/mol. The van der Waals surface area contributed by atoms with Crippen molar-refractivity contribution in [3.8, 4) is 0 Å². The summed E-state index contributed by atoms with van der Waals surface area (Å²) in [6, 6.07) is 3.42. The summed E-state index contributed by atoms with van der Waals surface area (Å²) in [5.41, 5.74) is -0.911. The van der Waals surface area contributed by atoms with Crippen molar-refractivity contribution in [3.05, 3.63) is 41.4 Å². The molecule has 2 bridgehead atoms. The van der Waals surface area contributed by atoms with E-state index in [1.165, 1.54) is 6.92 Å². The largest absolute Gasteiger partial charge is 0.460 e. The molecule has 0 fully saturated rings. The Morgan fingerprint density at radius 1 is 1.38 bits per heavy atom. The molecule has 0 aliphatic carbocycles. The minimum absolute atomic E-state index is 0.268. The van der Waals surface area contributed by atoms with Crippen molar-refractivity contribution in [2.75, 3.05) is 6.61 Å². The van der Waals surface area contributed by atoms with Crippen molar-refractivity contribution in [2.24, 2.45) is 0 Å². The SMILES string of the molecule is CCOC(=O)C1=C(F)C(F)(F)c2cccc(c2)S(=O)(=O)O1. The molecule has 1 heterocycles. The molecule has 0 aromatic heterocycles. The molecule has 114 valence electrons. The molecule has 0 spiro atoms. The van der Waals surface area contributed by atoms with Gasteiger partial charge in [-0.1, -0.05) is 12.1 Å². The van der Waals surface area contributed by atoms with Gasteiger partial charge in [0.2, 0.25) is 5.83 Å². The van der Waals surface area contributed by atoms with E-state index in [9.17, 15) is 26.4 Å². The Balaban J connectivity index is 2.72. The fourth-order valence-electron chi connectivity index (χ4n) is 1.63. The zero-order valence-electron chi connectivity index (χ0n) is 10.6. The predicted octanol–water partition coefficient (Wildman–Crippen LogP) is 2.24. The third kappa shape index (κ3) is 2.60. The van der Waals surface area contributed by atoms with Crippen LogP contribution in [0, 0.1) is 0 Å². The highest BCUT2D eigenvalue weighted by atomic mass is 32.2. The molecule has 0 saturated carbocycles. The maximum atomic E-state index is 14.0. The number of benzene rings is 1. The van der Waals surface area contributed by atoms with E-state index in [-0.39, 0.29) is 6.61 Å². The number of esters is 1. The minimum Gasteiger partial charge on any atom is -0.460 e. The second-order valence-electron chi connectivity index (χ2n) is 4.00. The second kappa shape index (κ2) is 5.06. The molecule has 0 unspecified atom stereocenters. The lowest BCUT2D eigenvalue weighted by Crippen LogP contribution is -2.25. The molecule has 0 amide bonds. The van der Waals surface area contributed by atoms with Crippen molar-refractivity contribution in [1.29, 1.82) is 0 Å². The van der Waals surface area contributed by atoms with Crippen LogP contribution in [0.5, 0.6) is 0 Å². The Labute approximate surface area is 118 Å². The third-order valence-corrected chi connectivity index (χ3v) is 3.83. The maximum absolute atomic E-state index is 14.0. The summed E-state index contributed by atoms with van der Waals surface area (Å²) in [6.45, 7) is 1.07. The molecular weight excluding hydrogens is 313 g/mol. The maximum Gasteiger partial charge on any atom is 0.378 e. The molecule has 2 rings (SSSR count). The van der Waals surface area contributed by atoms with Crippen molar-refractivity contribution in [2.45, 2.75) is 17.7 Å². The highest BCUT2D eigenvalue weighted by molar-refractivity contribution is 7.86. The molecule has 0 N–H and O–H groups in total. The van der Waals surface area contributed by atoms with Gasteiger partial charge in [-0.05, 0) is 19.1 Å². The van der Waals surface area contributed by atoms with Crippen LogP contribution in [-0.4, -0.2) is 21.0 Å².